The van der Waals surface area contributed by atoms with E-state index in [0.717, 1.165) is 6.92 Å². The summed E-state index contributed by atoms with van der Waals surface area (Å²) in [5.41, 5.74) is 6.59. The number of esters is 1. The van der Waals surface area contributed by atoms with E-state index >= 15 is 14.4 Å². The Bertz CT molecular complexity index is 3460. The van der Waals surface area contributed by atoms with Crippen molar-refractivity contribution >= 4 is 83.0 Å². The maximum absolute atomic E-state index is 15.7. The molecule has 1 aliphatic heterocycles. The van der Waals surface area contributed by atoms with E-state index in [0.29, 0.717) is 11.1 Å². The topological polar surface area (TPSA) is 528 Å². The molecule has 1 fully saturated rings. The number of amides is 12. The molecule has 0 bridgehead atoms. The largest absolute Gasteiger partial charge is 0.453 e. The van der Waals surface area contributed by atoms with Gasteiger partial charge >= 0.3 is 12.1 Å². The van der Waals surface area contributed by atoms with Crippen molar-refractivity contribution in [1.29, 1.82) is 5.41 Å². The van der Waals surface area contributed by atoms with Gasteiger partial charge in [-0.15, -0.1) is 0 Å². The number of guanidine groups is 1. The normalized spacial score (nSPS) is 22.5. The maximum atomic E-state index is 15.7. The average Bonchev–Trinajstić information content (AvgIpc) is 0.811. The minimum atomic E-state index is -2.53. The van der Waals surface area contributed by atoms with Crippen molar-refractivity contribution in [3.8, 4) is 0 Å². The molecule has 0 radical (unpaired) electrons. The monoisotopic (exact) mass is 1500 g/mol. The SMILES string of the molecule is CC[C@H](C)[C@@H]1NC(=O)[C@@H](CCCNC(=N)N)NC(=O)[C@H](CC(C)C)NC(=O)[C@H]([C@H](O)C(C)C)NC(=O)[C@@H](NC(=O)[C@H](CC(C)C)NC(=O)[C@@H](CC(C)C)NC(=O)OCc2ccccc2)[C@@H](c2ccccc2)OC(=O)[C@H](CO)NC(=O)[C@H]([C@H](O)C(=O)NCc2ccccc2)NC(=O)CNC(=O)[C@H]([C@H](C)O)NC1=O. The van der Waals surface area contributed by atoms with Crippen LogP contribution in [0.15, 0.2) is 91.0 Å². The van der Waals surface area contributed by atoms with E-state index in [1.165, 1.54) is 44.2 Å². The molecule has 0 aromatic heterocycles. The molecule has 20 N–H and O–H groups in total. The van der Waals surface area contributed by atoms with Crippen molar-refractivity contribution in [2.75, 3.05) is 19.7 Å². The minimum absolute atomic E-state index is 0.00240. The van der Waals surface area contributed by atoms with Gasteiger partial charge in [-0.2, -0.15) is 0 Å². The van der Waals surface area contributed by atoms with Gasteiger partial charge in [0.1, 0.15) is 61.0 Å². The number of carbonyl (C=O) groups is 13. The first-order valence-corrected chi connectivity index (χ1v) is 35.8. The van der Waals surface area contributed by atoms with Crippen LogP contribution in [0.3, 0.4) is 0 Å². The van der Waals surface area contributed by atoms with Crippen LogP contribution >= 0.6 is 0 Å². The summed E-state index contributed by atoms with van der Waals surface area (Å²) in [5, 5.41) is 85.4. The molecule has 34 heteroatoms. The Morgan fingerprint density at radius 2 is 1.10 bits per heavy atom. The van der Waals surface area contributed by atoms with Crippen molar-refractivity contribution in [3.05, 3.63) is 108 Å². The molecular formula is C73H109N15O19. The van der Waals surface area contributed by atoms with Gasteiger partial charge in [-0.05, 0) is 85.3 Å². The van der Waals surface area contributed by atoms with Crippen molar-refractivity contribution < 1.29 is 92.2 Å². The summed E-state index contributed by atoms with van der Waals surface area (Å²) >= 11 is 0. The number of carbonyl (C=O) groups excluding carboxylic acids is 13. The van der Waals surface area contributed by atoms with Crippen LogP contribution in [0.2, 0.25) is 0 Å². The van der Waals surface area contributed by atoms with Gasteiger partial charge in [-0.25, -0.2) is 9.59 Å². The predicted octanol–water partition coefficient (Wildman–Crippen LogP) is -1.43. The summed E-state index contributed by atoms with van der Waals surface area (Å²) in [6.07, 6.45) is -9.47. The molecule has 1 aliphatic rings. The van der Waals surface area contributed by atoms with Crippen LogP contribution < -0.4 is 74.9 Å². The second-order valence-corrected chi connectivity index (χ2v) is 28.0. The van der Waals surface area contributed by atoms with Gasteiger partial charge in [0.15, 0.2) is 24.2 Å². The molecule has 107 heavy (non-hydrogen) atoms. The highest BCUT2D eigenvalue weighted by molar-refractivity contribution is 6.00. The lowest BCUT2D eigenvalue weighted by Crippen LogP contribution is -2.64. The molecular weight excluding hydrogens is 1390 g/mol. The summed E-state index contributed by atoms with van der Waals surface area (Å²) in [5.74, 6) is -17.7. The van der Waals surface area contributed by atoms with E-state index in [1.807, 2.05) is 0 Å². The number of aliphatic hydroxyl groups is 4. The number of ether oxygens (including phenoxy) is 2. The third-order valence-corrected chi connectivity index (χ3v) is 17.2. The molecule has 34 nitrogen and oxygen atoms in total. The summed E-state index contributed by atoms with van der Waals surface area (Å²) in [6, 6.07) is 5.44. The van der Waals surface area contributed by atoms with E-state index in [1.54, 1.807) is 116 Å². The number of alkyl carbamates (subject to hydrolysis) is 1. The minimum Gasteiger partial charge on any atom is -0.453 e. The van der Waals surface area contributed by atoms with Crippen LogP contribution in [0.25, 0.3) is 0 Å². The van der Waals surface area contributed by atoms with Crippen LogP contribution in [-0.4, -0.2) is 202 Å². The van der Waals surface area contributed by atoms with Crippen molar-refractivity contribution in [2.45, 2.75) is 213 Å². The van der Waals surface area contributed by atoms with Crippen LogP contribution in [0.4, 0.5) is 4.79 Å². The second kappa shape index (κ2) is 44.6. The molecule has 12 amide bonds. The molecule has 15 atom stereocenters. The first kappa shape index (κ1) is 89.1. The van der Waals surface area contributed by atoms with E-state index in [2.05, 4.69) is 69.1 Å². The van der Waals surface area contributed by atoms with Crippen molar-refractivity contribution in [1.82, 2.24) is 69.1 Å². The first-order chi connectivity index (χ1) is 50.5. The van der Waals surface area contributed by atoms with E-state index in [9.17, 15) is 68.4 Å². The number of rotatable bonds is 28. The maximum Gasteiger partial charge on any atom is 0.408 e. The zero-order chi connectivity index (χ0) is 79.8. The number of nitrogens with two attached hydrogens (primary N) is 1. The zero-order valence-corrected chi connectivity index (χ0v) is 62.4. The molecule has 3 aromatic rings. The number of benzene rings is 3. The van der Waals surface area contributed by atoms with Gasteiger partial charge in [0.25, 0.3) is 5.91 Å². The molecule has 0 unspecified atom stereocenters. The van der Waals surface area contributed by atoms with Crippen molar-refractivity contribution in [2.24, 2.45) is 35.3 Å². The molecule has 1 saturated heterocycles. The lowest BCUT2D eigenvalue weighted by molar-refractivity contribution is -0.159. The number of hydrogen-bond donors (Lipinski definition) is 19. The fraction of sp³-hybridized carbons (Fsp3) is 0.562. The van der Waals surface area contributed by atoms with E-state index < -0.39 is 205 Å². The molecule has 0 aliphatic carbocycles. The molecule has 4 rings (SSSR count). The highest BCUT2D eigenvalue weighted by Crippen LogP contribution is 2.25. The van der Waals surface area contributed by atoms with Gasteiger partial charge in [-0.3, -0.25) is 58.1 Å². The molecule has 0 saturated carbocycles. The Hall–Kier alpha value is -10.3. The lowest BCUT2D eigenvalue weighted by atomic mass is 9.95. The molecule has 590 valence electrons. The highest BCUT2D eigenvalue weighted by atomic mass is 16.6. The third-order valence-electron chi connectivity index (χ3n) is 17.2. The molecule has 1 heterocycles. The predicted molar refractivity (Wildman–Crippen MR) is 390 cm³/mol. The fourth-order valence-electron chi connectivity index (χ4n) is 11.1. The number of aliphatic hydroxyl groups excluding tert-OH is 4. The quantitative estimate of drug-likeness (QED) is 0.0172. The standard InChI is InChI=1S/C73H109N15O19/c1-12-42(10)53-66(99)86-54(43(11)90)65(98)78-35-52(91)84-56(59(93)70(103)77-34-44-23-16-13-17-24-44)68(101)82-51(36-89)71(104)107-60(46-27-20-15-21-28-46)57(88-64(97)49(32-39(4)5)80-63(96)50(33-40(6)7)83-73(105)106-37-45-25-18-14-19-26-45)69(102)87-55(58(92)41(8)9)67(100)81-48(31-38(2)3)62(95)79-47(61(94)85-53)29-22-30-76-72(74)75/h13-21,23-28,38-43,47-51,53-60,89-90,92-93H,12,22,29-37H2,1-11H3,(H,77,103)(H,78,98)(H,79,95)(H,80,96)(H,81,100)(H,82,101)(H,83,105)(H,84,91)(H,85,94)(H,86,99)(H,87,102)(H,88,97)(H4,74,75,76)/t42-,43-,47+,48-,49-,50+,51-,53-,54-,55-,56-,57-,58+,59-,60+/m0/s1. The third kappa shape index (κ3) is 29.9. The average molecular weight is 1500 g/mol. The summed E-state index contributed by atoms with van der Waals surface area (Å²) in [7, 11) is 0. The van der Waals surface area contributed by atoms with Crippen LogP contribution in [0.5, 0.6) is 0 Å². The van der Waals surface area contributed by atoms with Gasteiger partial charge in [0.2, 0.25) is 59.1 Å². The van der Waals surface area contributed by atoms with Crippen molar-refractivity contribution in [3.63, 3.8) is 0 Å². The Labute approximate surface area is 622 Å². The van der Waals surface area contributed by atoms with Gasteiger partial charge in [0, 0.05) is 13.1 Å². The number of cyclic esters (lactones) is 1. The Kier molecular flexibility index (Phi) is 37.1. The number of hydrogen-bond acceptors (Lipinski definition) is 20. The van der Waals surface area contributed by atoms with Crippen LogP contribution in [-0.2, 0) is 80.2 Å². The smallest absolute Gasteiger partial charge is 0.408 e. The summed E-state index contributed by atoms with van der Waals surface area (Å²) in [6.45, 7) is 14.8. The molecule has 3 aromatic carbocycles. The first-order valence-electron chi connectivity index (χ1n) is 35.8. The van der Waals surface area contributed by atoms with E-state index in [-0.39, 0.29) is 69.7 Å². The van der Waals surface area contributed by atoms with Gasteiger partial charge in [0.05, 0.1) is 25.4 Å². The Balaban J connectivity index is 2.01. The van der Waals surface area contributed by atoms with Gasteiger partial charge < -0.3 is 105 Å². The van der Waals surface area contributed by atoms with Crippen LogP contribution in [0.1, 0.15) is 137 Å². The van der Waals surface area contributed by atoms with Gasteiger partial charge in [-0.1, -0.05) is 167 Å². The Morgan fingerprint density at radius 3 is 1.65 bits per heavy atom. The van der Waals surface area contributed by atoms with Crippen LogP contribution in [0, 0.1) is 35.0 Å². The highest BCUT2D eigenvalue weighted by Gasteiger charge is 2.44. The summed E-state index contributed by atoms with van der Waals surface area (Å²) in [4.78, 5) is 189. The lowest BCUT2D eigenvalue weighted by Gasteiger charge is -2.34. The zero-order valence-electron chi connectivity index (χ0n) is 62.4. The summed E-state index contributed by atoms with van der Waals surface area (Å²) < 4.78 is 11.5. The molecule has 0 spiro atoms. The Morgan fingerprint density at radius 1 is 0.579 bits per heavy atom. The van der Waals surface area contributed by atoms with E-state index in [4.69, 9.17) is 20.6 Å². The number of nitrogens with one attached hydrogen (secondary N) is 14. The second-order valence-electron chi connectivity index (χ2n) is 28.0. The fourth-order valence-corrected chi connectivity index (χ4v) is 11.1.